The van der Waals surface area contributed by atoms with Gasteiger partial charge in [0, 0.05) is 0 Å². The van der Waals surface area contributed by atoms with Crippen molar-refractivity contribution >= 4 is 0 Å². The van der Waals surface area contributed by atoms with Crippen molar-refractivity contribution in [3.05, 3.63) is 30.2 Å². The summed E-state index contributed by atoms with van der Waals surface area (Å²) in [6.07, 6.45) is 6.84. The molecule has 0 N–H and O–H groups in total. The summed E-state index contributed by atoms with van der Waals surface area (Å²) in [7, 11) is 0. The molecule has 1 aliphatic rings. The molecule has 14 heavy (non-hydrogen) atoms. The minimum absolute atomic E-state index is 0.743. The van der Waals surface area contributed by atoms with Crippen molar-refractivity contribution in [2.45, 2.75) is 40.5 Å². The van der Waals surface area contributed by atoms with E-state index in [4.69, 9.17) is 0 Å². The van der Waals surface area contributed by atoms with Crippen LogP contribution in [0.4, 0.5) is 0 Å². The van der Waals surface area contributed by atoms with Crippen LogP contribution in [-0.4, -0.2) is 0 Å². The molecule has 0 spiro atoms. The van der Waals surface area contributed by atoms with Gasteiger partial charge in [-0.2, -0.15) is 30.2 Å². The Bertz CT molecular complexity index is 232. The maximum Gasteiger partial charge on any atom is -0.0459 e. The van der Waals surface area contributed by atoms with E-state index in [9.17, 15) is 0 Å². The molecule has 0 aromatic rings. The fourth-order valence-corrected chi connectivity index (χ4v) is 2.75. The third-order valence-corrected chi connectivity index (χ3v) is 3.28. The molecule has 0 aliphatic heterocycles. The smallest absolute Gasteiger partial charge is 0.0459 e. The van der Waals surface area contributed by atoms with Gasteiger partial charge in [-0.1, -0.05) is 46.0 Å². The van der Waals surface area contributed by atoms with Gasteiger partial charge in [0.15, 0.2) is 0 Å². The Morgan fingerprint density at radius 3 is 2.71 bits per heavy atom. The Hall–Kier alpha value is -0.650. The molecular formula is C14H23-. The first kappa shape index (κ1) is 11.4. The van der Waals surface area contributed by atoms with E-state index in [0.717, 1.165) is 24.2 Å². The number of hydrogen-bond acceptors (Lipinski definition) is 0. The van der Waals surface area contributed by atoms with E-state index in [-0.39, 0.29) is 0 Å². The minimum Gasteiger partial charge on any atom is -0.191 e. The van der Waals surface area contributed by atoms with Gasteiger partial charge in [-0.3, -0.25) is 0 Å². The highest BCUT2D eigenvalue weighted by atomic mass is 14.3. The highest BCUT2D eigenvalue weighted by Crippen LogP contribution is 2.37. The Kier molecular flexibility index (Phi) is 3.86. The second kappa shape index (κ2) is 4.72. The van der Waals surface area contributed by atoms with Crippen LogP contribution in [0.3, 0.4) is 0 Å². The molecule has 0 amide bonds. The third-order valence-electron chi connectivity index (χ3n) is 3.28. The summed E-state index contributed by atoms with van der Waals surface area (Å²) >= 11 is 0. The van der Waals surface area contributed by atoms with Crippen LogP contribution in [0.5, 0.6) is 0 Å². The average Bonchev–Trinajstić information content (AvgIpc) is 2.23. The predicted octanol–water partition coefficient (Wildman–Crippen LogP) is 4.40. The normalized spacial score (nSPS) is 28.4. The quantitative estimate of drug-likeness (QED) is 0.568. The Labute approximate surface area is 89.1 Å². The molecule has 0 aromatic heterocycles. The molecule has 0 fully saturated rings. The predicted molar refractivity (Wildman–Crippen MR) is 63.9 cm³/mol. The summed E-state index contributed by atoms with van der Waals surface area (Å²) < 4.78 is 0. The molecule has 2 unspecified atom stereocenters. The molecule has 0 saturated carbocycles. The van der Waals surface area contributed by atoms with Crippen LogP contribution in [-0.2, 0) is 0 Å². The van der Waals surface area contributed by atoms with Crippen molar-refractivity contribution in [3.8, 4) is 0 Å². The summed E-state index contributed by atoms with van der Waals surface area (Å²) in [5.41, 5.74) is 2.89. The number of allylic oxidation sites excluding steroid dienone is 3. The minimum atomic E-state index is 0.743. The standard InChI is InChI=1S/C14H23/c1-6-13-8-7-11(4)9-12(5)14(13)10(2)3/h7-8,10,12,14H,4,6,9H2,1-3,5H3/q-1. The van der Waals surface area contributed by atoms with Gasteiger partial charge in [0.05, 0.1) is 0 Å². The molecule has 0 aromatic carbocycles. The van der Waals surface area contributed by atoms with Crippen molar-refractivity contribution in [2.24, 2.45) is 17.8 Å². The molecule has 1 aliphatic carbocycles. The lowest BCUT2D eigenvalue weighted by Gasteiger charge is -2.31. The van der Waals surface area contributed by atoms with E-state index >= 15 is 0 Å². The van der Waals surface area contributed by atoms with Crippen LogP contribution < -0.4 is 0 Å². The van der Waals surface area contributed by atoms with Crippen LogP contribution >= 0.6 is 0 Å². The molecule has 0 bridgehead atoms. The zero-order chi connectivity index (χ0) is 10.7. The topological polar surface area (TPSA) is 0 Å². The second-order valence-electron chi connectivity index (χ2n) is 4.87. The lowest BCUT2D eigenvalue weighted by molar-refractivity contribution is 0.313. The van der Waals surface area contributed by atoms with E-state index in [1.807, 2.05) is 0 Å². The van der Waals surface area contributed by atoms with Crippen molar-refractivity contribution in [3.63, 3.8) is 0 Å². The summed E-state index contributed by atoms with van der Waals surface area (Å²) in [6, 6.07) is 0. The molecule has 0 heteroatoms. The zero-order valence-electron chi connectivity index (χ0n) is 10.0. The fourth-order valence-electron chi connectivity index (χ4n) is 2.75. The lowest BCUT2D eigenvalue weighted by Crippen LogP contribution is -2.19. The van der Waals surface area contributed by atoms with Gasteiger partial charge in [-0.15, -0.1) is 0 Å². The highest BCUT2D eigenvalue weighted by Gasteiger charge is 2.21. The average molecular weight is 191 g/mol. The van der Waals surface area contributed by atoms with Gasteiger partial charge in [0.1, 0.15) is 0 Å². The van der Waals surface area contributed by atoms with E-state index in [0.29, 0.717) is 0 Å². The largest absolute Gasteiger partial charge is 0.191 e. The summed E-state index contributed by atoms with van der Waals surface area (Å²) in [4.78, 5) is 0. The van der Waals surface area contributed by atoms with Crippen LogP contribution in [0.15, 0.2) is 23.8 Å². The van der Waals surface area contributed by atoms with Crippen molar-refractivity contribution in [1.29, 1.82) is 0 Å². The lowest BCUT2D eigenvalue weighted by atomic mass is 9.77. The van der Waals surface area contributed by atoms with Crippen molar-refractivity contribution < 1.29 is 0 Å². The third kappa shape index (κ3) is 2.43. The molecule has 0 heterocycles. The number of rotatable bonds is 2. The highest BCUT2D eigenvalue weighted by molar-refractivity contribution is 5.27. The van der Waals surface area contributed by atoms with Crippen LogP contribution in [0.2, 0.25) is 0 Å². The first-order valence-electron chi connectivity index (χ1n) is 5.77. The van der Waals surface area contributed by atoms with E-state index in [1.54, 1.807) is 5.57 Å². The Morgan fingerprint density at radius 2 is 2.21 bits per heavy atom. The Morgan fingerprint density at radius 1 is 1.57 bits per heavy atom. The maximum atomic E-state index is 4.09. The second-order valence-corrected chi connectivity index (χ2v) is 4.87. The van der Waals surface area contributed by atoms with Gasteiger partial charge in [-0.05, 0) is 12.3 Å². The molecule has 0 nitrogen and oxygen atoms in total. The maximum absolute atomic E-state index is 4.09. The van der Waals surface area contributed by atoms with Crippen molar-refractivity contribution in [1.82, 2.24) is 0 Å². The van der Waals surface area contributed by atoms with Gasteiger partial charge >= 0.3 is 0 Å². The summed E-state index contributed by atoms with van der Waals surface area (Å²) in [5, 5.41) is 0. The molecule has 2 atom stereocenters. The Balaban J connectivity index is 2.90. The van der Waals surface area contributed by atoms with E-state index in [1.165, 1.54) is 12.0 Å². The summed E-state index contributed by atoms with van der Waals surface area (Å²) in [6.45, 7) is 13.4. The van der Waals surface area contributed by atoms with E-state index in [2.05, 4.69) is 46.8 Å². The fraction of sp³-hybridized carbons (Fsp3) is 0.643. The van der Waals surface area contributed by atoms with Crippen LogP contribution in [0.25, 0.3) is 0 Å². The van der Waals surface area contributed by atoms with Gasteiger partial charge in [-0.25, -0.2) is 0 Å². The van der Waals surface area contributed by atoms with Crippen molar-refractivity contribution in [2.75, 3.05) is 0 Å². The molecule has 1 rings (SSSR count). The van der Waals surface area contributed by atoms with Gasteiger partial charge in [0.25, 0.3) is 0 Å². The van der Waals surface area contributed by atoms with Crippen LogP contribution in [0, 0.1) is 24.2 Å². The van der Waals surface area contributed by atoms with Gasteiger partial charge < -0.3 is 0 Å². The molecule has 0 radical (unpaired) electrons. The number of hydrogen-bond donors (Lipinski definition) is 0. The van der Waals surface area contributed by atoms with Gasteiger partial charge in [0.2, 0.25) is 0 Å². The molecule has 0 saturated heterocycles. The molecular weight excluding hydrogens is 168 g/mol. The monoisotopic (exact) mass is 191 g/mol. The first-order chi connectivity index (χ1) is 6.56. The molecule has 80 valence electrons. The SMILES string of the molecule is C=C1[CH-]C=C(CC)C(C(C)C)C(C)C1. The van der Waals surface area contributed by atoms with Crippen LogP contribution in [0.1, 0.15) is 40.5 Å². The van der Waals surface area contributed by atoms with E-state index < -0.39 is 0 Å². The zero-order valence-corrected chi connectivity index (χ0v) is 10.0. The first-order valence-corrected chi connectivity index (χ1v) is 5.77. The summed E-state index contributed by atoms with van der Waals surface area (Å²) in [5.74, 6) is 2.23.